The Morgan fingerprint density at radius 2 is 0.733 bits per heavy atom. The zero-order valence-electron chi connectivity index (χ0n) is 49.3. The van der Waals surface area contributed by atoms with Crippen LogP contribution in [0.4, 0.5) is 30.7 Å². The zero-order chi connectivity index (χ0) is 64.4. The lowest BCUT2D eigenvalue weighted by Crippen LogP contribution is -2.14. The summed E-state index contributed by atoms with van der Waals surface area (Å²) in [5.41, 5.74) is 1.66. The second kappa shape index (κ2) is 27.7. The van der Waals surface area contributed by atoms with Crippen LogP contribution in [0, 0.1) is 5.82 Å². The van der Waals surface area contributed by atoms with Crippen molar-refractivity contribution in [1.29, 1.82) is 0 Å². The number of benzene rings is 6. The fourth-order valence-corrected chi connectivity index (χ4v) is 17.6. The molecule has 3 aliphatic carbocycles. The van der Waals surface area contributed by atoms with Gasteiger partial charge in [-0.3, -0.25) is 0 Å². The molecule has 0 bridgehead atoms. The average molecular weight is 1390 g/mol. The van der Waals surface area contributed by atoms with Crippen molar-refractivity contribution in [1.82, 2.24) is 11.9 Å². The number of hydrogen-bond acceptors (Lipinski definition) is 9. The Labute approximate surface area is 532 Å². The highest BCUT2D eigenvalue weighted by Crippen LogP contribution is 2.44. The van der Waals surface area contributed by atoms with Gasteiger partial charge >= 0.3 is 0 Å². The summed E-state index contributed by atoms with van der Waals surface area (Å²) in [6.07, 6.45) is 10.2. The van der Waals surface area contributed by atoms with E-state index in [9.17, 15) is 56.0 Å². The summed E-state index contributed by atoms with van der Waals surface area (Å²) in [5.74, 6) is 1.85. The van der Waals surface area contributed by atoms with Crippen LogP contribution in [0.15, 0.2) is 147 Å². The molecule has 0 aliphatic heterocycles. The highest BCUT2D eigenvalue weighted by atomic mass is 79.9. The van der Waals surface area contributed by atoms with Crippen LogP contribution < -0.4 is 14.2 Å². The number of hydrogen-bond donors (Lipinski definition) is 0. The van der Waals surface area contributed by atoms with Gasteiger partial charge < -0.3 is 14.2 Å². The number of nitrogens with zero attached hydrogens (tertiary/aromatic N) is 3. The molecule has 24 heteroatoms. The topological polar surface area (TPSA) is 145 Å². The monoisotopic (exact) mass is 1390 g/mol. The van der Waals surface area contributed by atoms with Gasteiger partial charge in [0.2, 0.25) is 0 Å². The molecule has 6 aromatic carbocycles. The van der Waals surface area contributed by atoms with Crippen LogP contribution in [0.3, 0.4) is 0 Å². The molecule has 3 saturated carbocycles. The third-order valence-electron chi connectivity index (χ3n) is 17.4. The summed E-state index contributed by atoms with van der Waals surface area (Å²) >= 11 is 9.34. The van der Waals surface area contributed by atoms with Crippen molar-refractivity contribution in [3.05, 3.63) is 176 Å². The predicted molar refractivity (Wildman–Crippen MR) is 338 cm³/mol. The van der Waals surface area contributed by atoms with Gasteiger partial charge in [-0.15, -0.1) is 0 Å². The van der Waals surface area contributed by atoms with Crippen LogP contribution in [0.2, 0.25) is 5.02 Å². The van der Waals surface area contributed by atoms with Gasteiger partial charge in [0.25, 0.3) is 49.3 Å². The first-order chi connectivity index (χ1) is 43.0. The quantitative estimate of drug-likeness (QED) is 0.0916. The zero-order valence-corrected chi connectivity index (χ0v) is 54.1. The van der Waals surface area contributed by atoms with Crippen LogP contribution >= 0.6 is 27.5 Å². The Bertz CT molecular complexity index is 4000. The van der Waals surface area contributed by atoms with Gasteiger partial charge in [0.15, 0.2) is 0 Å². The largest absolute Gasteiger partial charge is 0.496 e. The fraction of sp³-hybridized carbons (Fsp3) is 0.364. The first-order valence-electron chi connectivity index (χ1n) is 29.5. The number of methoxy groups -OCH3 is 3. The molecular weight excluding hydrogens is 1320 g/mol. The van der Waals surface area contributed by atoms with E-state index >= 15 is 0 Å². The van der Waals surface area contributed by atoms with Gasteiger partial charge in [-0.1, -0.05) is 97.5 Å². The normalized spacial score (nSPS) is 15.8. The second-order valence-electron chi connectivity index (χ2n) is 22.8. The lowest BCUT2D eigenvalue weighted by molar-refractivity contribution is 0.152. The lowest BCUT2D eigenvalue weighted by atomic mass is 9.84. The van der Waals surface area contributed by atoms with Crippen molar-refractivity contribution < 1.29 is 70.2 Å². The first-order valence-corrected chi connectivity index (χ1v) is 35.0. The molecule has 3 heterocycles. The van der Waals surface area contributed by atoms with Crippen LogP contribution in [0.1, 0.15) is 167 Å². The maximum Gasteiger partial charge on any atom is 0.268 e. The van der Waals surface area contributed by atoms with Crippen molar-refractivity contribution in [3.63, 3.8) is 0 Å². The van der Waals surface area contributed by atoms with Crippen molar-refractivity contribution in [2.75, 3.05) is 21.3 Å². The number of ether oxygens (including phenoxy) is 3. The van der Waals surface area contributed by atoms with Crippen LogP contribution in [0.5, 0.6) is 17.2 Å². The lowest BCUT2D eigenvalue weighted by Gasteiger charge is -2.24. The molecule has 0 saturated heterocycles. The molecule has 0 spiro atoms. The van der Waals surface area contributed by atoms with Crippen LogP contribution in [-0.4, -0.2) is 58.5 Å². The van der Waals surface area contributed by atoms with Crippen molar-refractivity contribution in [3.8, 4) is 17.2 Å². The first kappa shape index (κ1) is 66.4. The molecule has 0 amide bonds. The number of alkyl halides is 6. The SMILES string of the molecule is COc1ccc(S(=O)(=O)n2cc(C(F)F)c3ccc(Br)cc32)cc1C1CCCCC1.COc1ccc(S(=O)(=O)n2cc(C(F)F)c3ccc(Cl)cc32)cc1C1CCCCC1.COc1ccc(S(=O)(=O)n2cc(C(F)F)c3ccc(F)cc32)cc1C1CCCCC1. The van der Waals surface area contributed by atoms with E-state index in [0.29, 0.717) is 21.7 Å². The van der Waals surface area contributed by atoms with Gasteiger partial charge in [-0.25, -0.2) is 67.9 Å². The molecule has 3 fully saturated rings. The number of aromatic nitrogens is 3. The Morgan fingerprint density at radius 1 is 0.422 bits per heavy atom. The van der Waals surface area contributed by atoms with E-state index in [-0.39, 0.29) is 81.3 Å². The third kappa shape index (κ3) is 13.5. The van der Waals surface area contributed by atoms with Gasteiger partial charge in [0.1, 0.15) is 23.1 Å². The van der Waals surface area contributed by atoms with E-state index in [2.05, 4.69) is 15.9 Å². The van der Waals surface area contributed by atoms with Gasteiger partial charge in [0, 0.05) is 60.9 Å². The van der Waals surface area contributed by atoms with Crippen molar-refractivity contribution in [2.24, 2.45) is 0 Å². The smallest absolute Gasteiger partial charge is 0.268 e. The van der Waals surface area contributed by atoms with E-state index < -0.39 is 60.7 Å². The minimum absolute atomic E-state index is 0.0102. The molecule has 3 aromatic heterocycles. The summed E-state index contributed by atoms with van der Waals surface area (Å²) in [5, 5.41) is 0.670. The van der Waals surface area contributed by atoms with E-state index in [1.54, 1.807) is 62.8 Å². The molecule has 12 nitrogen and oxygen atoms in total. The average Bonchev–Trinajstić information content (AvgIpc) is 1.61. The van der Waals surface area contributed by atoms with Gasteiger partial charge in [-0.2, -0.15) is 0 Å². The Morgan fingerprint density at radius 3 is 1.07 bits per heavy atom. The molecule has 9 aromatic rings. The molecule has 90 heavy (non-hydrogen) atoms. The van der Waals surface area contributed by atoms with Crippen molar-refractivity contribution >= 4 is 90.3 Å². The van der Waals surface area contributed by atoms with Gasteiger partial charge in [-0.05, 0) is 170 Å². The van der Waals surface area contributed by atoms with E-state index in [1.807, 2.05) is 0 Å². The molecular formula is C66H66BrClF7N3O9S3. The predicted octanol–water partition coefficient (Wildman–Crippen LogP) is 19.2. The minimum atomic E-state index is -4.22. The number of halogens is 9. The summed E-state index contributed by atoms with van der Waals surface area (Å²) in [6, 6.07) is 26.2. The molecule has 480 valence electrons. The fourth-order valence-electron chi connectivity index (χ4n) is 12.9. The second-order valence-corrected chi connectivity index (χ2v) is 29.6. The molecule has 3 aliphatic rings. The highest BCUT2D eigenvalue weighted by Gasteiger charge is 2.32. The summed E-state index contributed by atoms with van der Waals surface area (Å²) < 4.78 is 195. The van der Waals surface area contributed by atoms with Crippen molar-refractivity contribution in [2.45, 2.75) is 148 Å². The van der Waals surface area contributed by atoms with Gasteiger partial charge in [0.05, 0.1) is 52.6 Å². The molecule has 0 N–H and O–H groups in total. The van der Waals surface area contributed by atoms with Crippen LogP contribution in [0.25, 0.3) is 32.7 Å². The minimum Gasteiger partial charge on any atom is -0.496 e. The molecule has 0 radical (unpaired) electrons. The van der Waals surface area contributed by atoms with E-state index in [0.717, 1.165) is 143 Å². The molecule has 0 atom stereocenters. The molecule has 12 rings (SSSR count). The Kier molecular flexibility index (Phi) is 20.5. The standard InChI is InChI=1S/C22H22BrF2NO3S.C22H22ClF2NO3S.C22H22F3NO3S/c3*1-29-21-10-8-16(12-18(21)14-5-3-2-4-6-14)30(27,28)26-13-19(22(24)25)17-9-7-15(23)11-20(17)26/h3*7-14,22H,2-6H2,1H3. The summed E-state index contributed by atoms with van der Waals surface area (Å²) in [6.45, 7) is 0. The number of fused-ring (bicyclic) bond motifs is 3. The van der Waals surface area contributed by atoms with E-state index in [1.165, 1.54) is 68.5 Å². The number of rotatable bonds is 15. The Hall–Kier alpha value is -6.53. The highest BCUT2D eigenvalue weighted by molar-refractivity contribution is 9.10. The van der Waals surface area contributed by atoms with Crippen LogP contribution in [-0.2, 0) is 30.1 Å². The maximum atomic E-state index is 13.8. The summed E-state index contributed by atoms with van der Waals surface area (Å²) in [7, 11) is -7.74. The Balaban J connectivity index is 0.000000148. The summed E-state index contributed by atoms with van der Waals surface area (Å²) in [4.78, 5) is 0.0778. The maximum absolute atomic E-state index is 13.8. The van der Waals surface area contributed by atoms with E-state index in [4.69, 9.17) is 25.8 Å². The third-order valence-corrected chi connectivity index (χ3v) is 23.1. The molecule has 0 unspecified atom stereocenters.